The fourth-order valence-electron chi connectivity index (χ4n) is 3.93. The van der Waals surface area contributed by atoms with E-state index in [0.717, 1.165) is 59.1 Å². The van der Waals surface area contributed by atoms with Crippen LogP contribution in [0.15, 0.2) is 40.3 Å². The lowest BCUT2D eigenvalue weighted by Gasteiger charge is -2.34. The molecule has 0 radical (unpaired) electrons. The summed E-state index contributed by atoms with van der Waals surface area (Å²) in [6.07, 6.45) is 1.62. The molecule has 1 aliphatic heterocycles. The van der Waals surface area contributed by atoms with Crippen LogP contribution in [0.1, 0.15) is 25.8 Å². The molecule has 0 N–H and O–H groups in total. The zero-order valence-corrected chi connectivity index (χ0v) is 18.6. The first-order chi connectivity index (χ1) is 14.6. The molecule has 1 amide bonds. The van der Waals surface area contributed by atoms with Crippen molar-refractivity contribution in [3.8, 4) is 11.6 Å². The number of nitrogens with zero attached hydrogens (tertiary/aromatic N) is 4. The minimum atomic E-state index is 0.102. The van der Waals surface area contributed by atoms with Crippen LogP contribution in [-0.4, -0.2) is 51.9 Å². The quantitative estimate of drug-likeness (QED) is 0.466. The van der Waals surface area contributed by atoms with Crippen LogP contribution < -0.4 is 0 Å². The molecular formula is C22H22N4O2S2. The first-order valence-corrected chi connectivity index (χ1v) is 11.7. The molecule has 154 valence electrons. The van der Waals surface area contributed by atoms with Crippen LogP contribution in [0.4, 0.5) is 0 Å². The van der Waals surface area contributed by atoms with Crippen molar-refractivity contribution in [2.75, 3.05) is 26.2 Å². The largest absolute Gasteiger partial charge is 0.461 e. The summed E-state index contributed by atoms with van der Waals surface area (Å²) < 4.78 is 5.45. The third-order valence-corrected chi connectivity index (χ3v) is 7.56. The van der Waals surface area contributed by atoms with Crippen LogP contribution >= 0.6 is 22.7 Å². The van der Waals surface area contributed by atoms with E-state index < -0.39 is 0 Å². The first kappa shape index (κ1) is 19.4. The number of hydrogen-bond acceptors (Lipinski definition) is 7. The summed E-state index contributed by atoms with van der Waals surface area (Å²) in [7, 11) is 0. The first-order valence-electron chi connectivity index (χ1n) is 9.96. The van der Waals surface area contributed by atoms with Gasteiger partial charge in [0.05, 0.1) is 16.8 Å². The standard InChI is InChI=1S/C22H22N4O2S2/c1-14-18-15(2)23-20(17-6-3-11-28-17)24-21(18)30-19(14)22(27)26-9-7-25(8-10-26)13-16-5-4-12-29-16/h3-6,11-12H,7-10,13H2,1-2H3. The van der Waals surface area contributed by atoms with Gasteiger partial charge in [0.1, 0.15) is 4.83 Å². The number of fused-ring (bicyclic) bond motifs is 1. The Kier molecular flexibility index (Phi) is 5.14. The molecule has 30 heavy (non-hydrogen) atoms. The number of aromatic nitrogens is 2. The Balaban J connectivity index is 1.36. The van der Waals surface area contributed by atoms with Gasteiger partial charge in [-0.2, -0.15) is 0 Å². The van der Waals surface area contributed by atoms with E-state index in [0.29, 0.717) is 11.6 Å². The van der Waals surface area contributed by atoms with Gasteiger partial charge in [0.2, 0.25) is 0 Å². The second-order valence-corrected chi connectivity index (χ2v) is 9.53. The van der Waals surface area contributed by atoms with E-state index in [-0.39, 0.29) is 5.91 Å². The molecular weight excluding hydrogens is 416 g/mol. The summed E-state index contributed by atoms with van der Waals surface area (Å²) in [4.78, 5) is 29.9. The number of rotatable bonds is 4. The van der Waals surface area contributed by atoms with Gasteiger partial charge in [-0.05, 0) is 43.0 Å². The second kappa shape index (κ2) is 7.94. The van der Waals surface area contributed by atoms with Gasteiger partial charge in [0.15, 0.2) is 11.6 Å². The summed E-state index contributed by atoms with van der Waals surface area (Å²) in [5, 5.41) is 3.09. The van der Waals surface area contributed by atoms with Crippen LogP contribution in [0.25, 0.3) is 21.8 Å². The van der Waals surface area contributed by atoms with Gasteiger partial charge in [-0.1, -0.05) is 6.07 Å². The minimum Gasteiger partial charge on any atom is -0.461 e. The molecule has 4 aromatic heterocycles. The van der Waals surface area contributed by atoms with Crippen molar-refractivity contribution < 1.29 is 9.21 Å². The maximum atomic E-state index is 13.3. The highest BCUT2D eigenvalue weighted by atomic mass is 32.1. The normalized spacial score (nSPS) is 15.2. The number of hydrogen-bond donors (Lipinski definition) is 0. The fraction of sp³-hybridized carbons (Fsp3) is 0.318. The van der Waals surface area contributed by atoms with Gasteiger partial charge < -0.3 is 9.32 Å². The molecule has 0 unspecified atom stereocenters. The van der Waals surface area contributed by atoms with Crippen LogP contribution in [0.5, 0.6) is 0 Å². The Labute approximate surface area is 182 Å². The Morgan fingerprint density at radius 3 is 2.67 bits per heavy atom. The van der Waals surface area contributed by atoms with E-state index in [4.69, 9.17) is 4.42 Å². The van der Waals surface area contributed by atoms with E-state index in [1.54, 1.807) is 17.6 Å². The third kappa shape index (κ3) is 3.55. The number of piperazine rings is 1. The van der Waals surface area contributed by atoms with Gasteiger partial charge in [0.25, 0.3) is 5.91 Å². The lowest BCUT2D eigenvalue weighted by Crippen LogP contribution is -2.48. The molecule has 0 atom stereocenters. The lowest BCUT2D eigenvalue weighted by molar-refractivity contribution is 0.0634. The van der Waals surface area contributed by atoms with Crippen LogP contribution in [0.3, 0.4) is 0 Å². The molecule has 1 saturated heterocycles. The molecule has 0 spiro atoms. The van der Waals surface area contributed by atoms with E-state index in [2.05, 4.69) is 32.4 Å². The van der Waals surface area contributed by atoms with Gasteiger partial charge in [0, 0.05) is 43.0 Å². The molecule has 5 heterocycles. The molecule has 8 heteroatoms. The van der Waals surface area contributed by atoms with Crippen molar-refractivity contribution in [2.45, 2.75) is 20.4 Å². The molecule has 0 aromatic carbocycles. The Bertz CT molecular complexity index is 1170. The van der Waals surface area contributed by atoms with Gasteiger partial charge in [-0.15, -0.1) is 22.7 Å². The summed E-state index contributed by atoms with van der Waals surface area (Å²) >= 11 is 3.25. The Morgan fingerprint density at radius 1 is 1.13 bits per heavy atom. The smallest absolute Gasteiger partial charge is 0.264 e. The zero-order chi connectivity index (χ0) is 20.7. The van der Waals surface area contributed by atoms with E-state index in [1.165, 1.54) is 16.2 Å². The maximum Gasteiger partial charge on any atom is 0.264 e. The Hall–Kier alpha value is -2.55. The number of carbonyl (C=O) groups is 1. The monoisotopic (exact) mass is 438 g/mol. The van der Waals surface area contributed by atoms with E-state index in [9.17, 15) is 4.79 Å². The molecule has 1 aliphatic rings. The van der Waals surface area contributed by atoms with E-state index >= 15 is 0 Å². The second-order valence-electron chi connectivity index (χ2n) is 7.49. The molecule has 6 nitrogen and oxygen atoms in total. The zero-order valence-electron chi connectivity index (χ0n) is 16.9. The molecule has 5 rings (SSSR count). The highest BCUT2D eigenvalue weighted by Crippen LogP contribution is 2.34. The van der Waals surface area contributed by atoms with Crippen molar-refractivity contribution >= 4 is 38.8 Å². The molecule has 4 aromatic rings. The highest BCUT2D eigenvalue weighted by molar-refractivity contribution is 7.20. The molecule has 0 saturated carbocycles. The predicted octanol–water partition coefficient (Wildman–Crippen LogP) is 4.59. The lowest BCUT2D eigenvalue weighted by atomic mass is 10.1. The average Bonchev–Trinajstić information content (AvgIpc) is 3.50. The van der Waals surface area contributed by atoms with Crippen LogP contribution in [0.2, 0.25) is 0 Å². The van der Waals surface area contributed by atoms with Crippen LogP contribution in [0, 0.1) is 13.8 Å². The molecule has 1 fully saturated rings. The maximum absolute atomic E-state index is 13.3. The van der Waals surface area contributed by atoms with Crippen molar-refractivity contribution in [1.29, 1.82) is 0 Å². The minimum absolute atomic E-state index is 0.102. The van der Waals surface area contributed by atoms with Gasteiger partial charge >= 0.3 is 0 Å². The van der Waals surface area contributed by atoms with Crippen molar-refractivity contribution in [3.05, 3.63) is 56.9 Å². The SMILES string of the molecule is Cc1nc(-c2ccco2)nc2sc(C(=O)N3CCN(Cc4cccs4)CC3)c(C)c12. The number of carbonyl (C=O) groups excluding carboxylic acids is 1. The van der Waals surface area contributed by atoms with Crippen molar-refractivity contribution in [2.24, 2.45) is 0 Å². The third-order valence-electron chi connectivity index (χ3n) is 5.53. The van der Waals surface area contributed by atoms with Crippen molar-refractivity contribution in [3.63, 3.8) is 0 Å². The predicted molar refractivity (Wildman–Crippen MR) is 120 cm³/mol. The summed E-state index contributed by atoms with van der Waals surface area (Å²) in [6.45, 7) is 8.23. The summed E-state index contributed by atoms with van der Waals surface area (Å²) in [5.74, 6) is 1.30. The molecule has 0 aliphatic carbocycles. The number of furan rings is 1. The molecule has 0 bridgehead atoms. The number of aryl methyl sites for hydroxylation is 2. The fourth-order valence-corrected chi connectivity index (χ4v) is 5.88. The summed E-state index contributed by atoms with van der Waals surface area (Å²) in [6, 6.07) is 7.93. The van der Waals surface area contributed by atoms with Gasteiger partial charge in [-0.25, -0.2) is 9.97 Å². The highest BCUT2D eigenvalue weighted by Gasteiger charge is 2.27. The Morgan fingerprint density at radius 2 is 1.97 bits per heavy atom. The number of amides is 1. The average molecular weight is 439 g/mol. The van der Waals surface area contributed by atoms with Crippen molar-refractivity contribution in [1.82, 2.24) is 19.8 Å². The topological polar surface area (TPSA) is 62.5 Å². The van der Waals surface area contributed by atoms with E-state index in [1.807, 2.05) is 30.9 Å². The van der Waals surface area contributed by atoms with Crippen LogP contribution in [-0.2, 0) is 6.54 Å². The van der Waals surface area contributed by atoms with Gasteiger partial charge in [-0.3, -0.25) is 9.69 Å². The summed E-state index contributed by atoms with van der Waals surface area (Å²) in [5.41, 5.74) is 1.85. The number of thiophene rings is 2.